The lowest BCUT2D eigenvalue weighted by Crippen LogP contribution is -2.37. The van der Waals surface area contributed by atoms with E-state index in [1.54, 1.807) is 0 Å². The van der Waals surface area contributed by atoms with Gasteiger partial charge in [-0.25, -0.2) is 13.4 Å². The summed E-state index contributed by atoms with van der Waals surface area (Å²) in [6, 6.07) is -0.127. The summed E-state index contributed by atoms with van der Waals surface area (Å²) in [5, 5.41) is 2.35. The maximum absolute atomic E-state index is 11.6. The third-order valence-electron chi connectivity index (χ3n) is 2.76. The van der Waals surface area contributed by atoms with Crippen LogP contribution in [0.1, 0.15) is 31.0 Å². The van der Waals surface area contributed by atoms with E-state index >= 15 is 0 Å². The van der Waals surface area contributed by atoms with Crippen molar-refractivity contribution >= 4 is 26.5 Å². The van der Waals surface area contributed by atoms with Gasteiger partial charge in [-0.3, -0.25) is 0 Å². The number of sulfonamides is 1. The van der Waals surface area contributed by atoms with Crippen LogP contribution in [0.15, 0.2) is 5.38 Å². The molecule has 0 aliphatic carbocycles. The third-order valence-corrected chi connectivity index (χ3v) is 4.74. The van der Waals surface area contributed by atoms with E-state index in [4.69, 9.17) is 5.73 Å². The van der Waals surface area contributed by atoms with E-state index in [0.29, 0.717) is 11.7 Å². The largest absolute Gasteiger partial charge is 0.375 e. The second kappa shape index (κ2) is 4.31. The highest BCUT2D eigenvalue weighted by molar-refractivity contribution is 7.88. The predicted octanol–water partition coefficient (Wildman–Crippen LogP) is 1.21. The van der Waals surface area contributed by atoms with Gasteiger partial charge in [0, 0.05) is 11.9 Å². The molecule has 2 N–H and O–H groups in total. The molecule has 5 nitrogen and oxygen atoms in total. The second-order valence-corrected chi connectivity index (χ2v) is 6.82. The van der Waals surface area contributed by atoms with Crippen LogP contribution in [0.5, 0.6) is 0 Å². The van der Waals surface area contributed by atoms with Crippen LogP contribution < -0.4 is 5.73 Å². The van der Waals surface area contributed by atoms with Crippen molar-refractivity contribution in [3.8, 4) is 0 Å². The standard InChI is InChI=1S/C9H15N3O2S2/c1-16(13,14)12-5-3-2-4-8(12)7-6-15-9(10)11-7/h6,8H,2-5H2,1H3,(H2,10,11). The number of thiazole rings is 1. The minimum Gasteiger partial charge on any atom is -0.375 e. The van der Waals surface area contributed by atoms with Crippen LogP contribution in [-0.2, 0) is 10.0 Å². The number of aromatic nitrogens is 1. The molecule has 2 heterocycles. The molecule has 0 spiro atoms. The normalized spacial score (nSPS) is 23.4. The fraction of sp³-hybridized carbons (Fsp3) is 0.667. The zero-order chi connectivity index (χ0) is 11.8. The number of hydrogen-bond donors (Lipinski definition) is 1. The topological polar surface area (TPSA) is 76.3 Å². The first kappa shape index (κ1) is 11.8. The summed E-state index contributed by atoms with van der Waals surface area (Å²) < 4.78 is 24.8. The van der Waals surface area contributed by atoms with Crippen LogP contribution in [0, 0.1) is 0 Å². The van der Waals surface area contributed by atoms with E-state index in [0.717, 1.165) is 25.0 Å². The zero-order valence-electron chi connectivity index (χ0n) is 9.09. The maximum Gasteiger partial charge on any atom is 0.211 e. The number of anilines is 1. The molecule has 2 rings (SSSR count). The molecule has 1 aromatic rings. The fourth-order valence-electron chi connectivity index (χ4n) is 2.05. The van der Waals surface area contributed by atoms with Crippen LogP contribution in [0.2, 0.25) is 0 Å². The first-order valence-electron chi connectivity index (χ1n) is 5.16. The molecule has 0 aromatic carbocycles. The summed E-state index contributed by atoms with van der Waals surface area (Å²) in [5.41, 5.74) is 6.36. The summed E-state index contributed by atoms with van der Waals surface area (Å²) in [4.78, 5) is 4.19. The quantitative estimate of drug-likeness (QED) is 0.868. The molecule has 1 aliphatic heterocycles. The van der Waals surface area contributed by atoms with Gasteiger partial charge in [-0.05, 0) is 12.8 Å². The van der Waals surface area contributed by atoms with Gasteiger partial charge >= 0.3 is 0 Å². The summed E-state index contributed by atoms with van der Waals surface area (Å²) in [6.07, 6.45) is 4.04. The van der Waals surface area contributed by atoms with Crippen molar-refractivity contribution in [2.24, 2.45) is 0 Å². The van der Waals surface area contributed by atoms with E-state index < -0.39 is 10.0 Å². The minimum absolute atomic E-state index is 0.127. The van der Waals surface area contributed by atoms with Gasteiger partial charge in [0.05, 0.1) is 18.0 Å². The number of rotatable bonds is 2. The molecule has 16 heavy (non-hydrogen) atoms. The predicted molar refractivity (Wildman–Crippen MR) is 64.7 cm³/mol. The van der Waals surface area contributed by atoms with Gasteiger partial charge in [-0.15, -0.1) is 11.3 Å². The molecule has 1 fully saturated rings. The molecule has 90 valence electrons. The van der Waals surface area contributed by atoms with Gasteiger partial charge < -0.3 is 5.73 Å². The molecule has 1 saturated heterocycles. The average Bonchev–Trinajstić information content (AvgIpc) is 2.64. The van der Waals surface area contributed by atoms with Crippen LogP contribution in [0.3, 0.4) is 0 Å². The number of nitrogens with zero attached hydrogens (tertiary/aromatic N) is 2. The molecule has 1 aliphatic rings. The fourth-order valence-corrected chi connectivity index (χ4v) is 3.80. The van der Waals surface area contributed by atoms with Gasteiger partial charge in [0.2, 0.25) is 10.0 Å². The Hall–Kier alpha value is -0.660. The Balaban J connectivity index is 2.30. The Kier molecular flexibility index (Phi) is 3.18. The van der Waals surface area contributed by atoms with Crippen molar-refractivity contribution in [1.82, 2.24) is 9.29 Å². The van der Waals surface area contributed by atoms with E-state index in [9.17, 15) is 8.42 Å². The summed E-state index contributed by atoms with van der Waals surface area (Å²) in [5.74, 6) is 0. The summed E-state index contributed by atoms with van der Waals surface area (Å²) in [7, 11) is -3.16. The first-order valence-corrected chi connectivity index (χ1v) is 7.89. The Morgan fingerprint density at radius 1 is 1.56 bits per heavy atom. The van der Waals surface area contributed by atoms with Gasteiger partial charge in [0.15, 0.2) is 5.13 Å². The van der Waals surface area contributed by atoms with Crippen molar-refractivity contribution in [2.45, 2.75) is 25.3 Å². The van der Waals surface area contributed by atoms with Crippen LogP contribution in [0.25, 0.3) is 0 Å². The van der Waals surface area contributed by atoms with Gasteiger partial charge in [-0.2, -0.15) is 4.31 Å². The monoisotopic (exact) mass is 261 g/mol. The highest BCUT2D eigenvalue weighted by Crippen LogP contribution is 2.33. The lowest BCUT2D eigenvalue weighted by atomic mass is 10.0. The number of nitrogen functional groups attached to an aromatic ring is 1. The van der Waals surface area contributed by atoms with E-state index in [2.05, 4.69) is 4.98 Å². The van der Waals surface area contributed by atoms with Crippen molar-refractivity contribution in [3.63, 3.8) is 0 Å². The van der Waals surface area contributed by atoms with E-state index in [1.807, 2.05) is 5.38 Å². The molecule has 0 bridgehead atoms. The van der Waals surface area contributed by atoms with Crippen LogP contribution >= 0.6 is 11.3 Å². The Morgan fingerprint density at radius 2 is 2.31 bits per heavy atom. The van der Waals surface area contributed by atoms with E-state index in [-0.39, 0.29) is 6.04 Å². The second-order valence-electron chi connectivity index (χ2n) is 4.00. The molecular weight excluding hydrogens is 246 g/mol. The Morgan fingerprint density at radius 3 is 2.88 bits per heavy atom. The van der Waals surface area contributed by atoms with Gasteiger partial charge in [0.1, 0.15) is 0 Å². The van der Waals surface area contributed by atoms with Crippen molar-refractivity contribution in [1.29, 1.82) is 0 Å². The van der Waals surface area contributed by atoms with Crippen molar-refractivity contribution in [3.05, 3.63) is 11.1 Å². The van der Waals surface area contributed by atoms with Crippen LogP contribution in [0.4, 0.5) is 5.13 Å². The number of piperidine rings is 1. The third kappa shape index (κ3) is 2.36. The SMILES string of the molecule is CS(=O)(=O)N1CCCCC1c1csc(N)n1. The van der Waals surface area contributed by atoms with Crippen molar-refractivity contribution < 1.29 is 8.42 Å². The van der Waals surface area contributed by atoms with Gasteiger partial charge in [0.25, 0.3) is 0 Å². The first-order chi connectivity index (χ1) is 7.48. The van der Waals surface area contributed by atoms with E-state index in [1.165, 1.54) is 21.9 Å². The summed E-state index contributed by atoms with van der Waals surface area (Å²) in [6.45, 7) is 0.584. The number of nitrogens with two attached hydrogens (primary N) is 1. The zero-order valence-corrected chi connectivity index (χ0v) is 10.7. The molecule has 0 radical (unpaired) electrons. The molecule has 0 amide bonds. The Labute approximate surface area is 99.3 Å². The average molecular weight is 261 g/mol. The molecule has 1 aromatic heterocycles. The molecule has 1 unspecified atom stereocenters. The Bertz CT molecular complexity index is 469. The summed E-state index contributed by atoms with van der Waals surface area (Å²) >= 11 is 1.36. The molecule has 7 heteroatoms. The lowest BCUT2D eigenvalue weighted by Gasteiger charge is -2.32. The number of hydrogen-bond acceptors (Lipinski definition) is 5. The molecule has 1 atom stereocenters. The lowest BCUT2D eigenvalue weighted by molar-refractivity contribution is 0.254. The molecular formula is C9H15N3O2S2. The maximum atomic E-state index is 11.6. The highest BCUT2D eigenvalue weighted by Gasteiger charge is 2.31. The van der Waals surface area contributed by atoms with Crippen molar-refractivity contribution in [2.75, 3.05) is 18.5 Å². The minimum atomic E-state index is -3.16. The molecule has 0 saturated carbocycles. The van der Waals surface area contributed by atoms with Gasteiger partial charge in [-0.1, -0.05) is 6.42 Å². The smallest absolute Gasteiger partial charge is 0.211 e. The van der Waals surface area contributed by atoms with Crippen LogP contribution in [-0.4, -0.2) is 30.5 Å². The highest BCUT2D eigenvalue weighted by atomic mass is 32.2.